The van der Waals surface area contributed by atoms with Crippen molar-refractivity contribution in [3.63, 3.8) is 0 Å². The minimum Gasteiger partial charge on any atom is -0.310 e. The molecule has 7 aromatic carbocycles. The lowest BCUT2D eigenvalue weighted by atomic mass is 9.82. The van der Waals surface area contributed by atoms with Gasteiger partial charge in [-0.2, -0.15) is 0 Å². The molecule has 0 N–H and O–H groups in total. The highest BCUT2D eigenvalue weighted by Crippen LogP contribution is 2.42. The Kier molecular flexibility index (Phi) is 7.91. The zero-order valence-corrected chi connectivity index (χ0v) is 28.7. The van der Waals surface area contributed by atoms with Gasteiger partial charge in [0.1, 0.15) is 0 Å². The minimum atomic E-state index is 0.415. The highest BCUT2D eigenvalue weighted by Gasteiger charge is 2.21. The molecule has 1 heterocycles. The van der Waals surface area contributed by atoms with E-state index in [1.54, 1.807) is 0 Å². The van der Waals surface area contributed by atoms with Gasteiger partial charge in [-0.05, 0) is 106 Å². The second-order valence-corrected chi connectivity index (χ2v) is 13.5. The van der Waals surface area contributed by atoms with Gasteiger partial charge in [-0.1, -0.05) is 140 Å². The molecule has 0 radical (unpaired) electrons. The first-order valence-electron chi connectivity index (χ1n) is 17.8. The molecule has 1 aromatic heterocycles. The average Bonchev–Trinajstić information content (AvgIpc) is 3.52. The van der Waals surface area contributed by atoms with Gasteiger partial charge >= 0.3 is 0 Å². The third-order valence-corrected chi connectivity index (χ3v) is 10.3. The van der Waals surface area contributed by atoms with Crippen molar-refractivity contribution in [3.05, 3.63) is 205 Å². The number of allylic oxidation sites excluding steroid dienone is 4. The third-order valence-electron chi connectivity index (χ3n) is 10.3. The van der Waals surface area contributed by atoms with E-state index in [4.69, 9.17) is 0 Å². The number of hydrogen-bond donors (Lipinski definition) is 0. The Bertz CT molecular complexity index is 2490. The van der Waals surface area contributed by atoms with E-state index >= 15 is 0 Å². The van der Waals surface area contributed by atoms with Gasteiger partial charge in [0.15, 0.2) is 0 Å². The van der Waals surface area contributed by atoms with Crippen LogP contribution in [0.25, 0.3) is 49.8 Å². The summed E-state index contributed by atoms with van der Waals surface area (Å²) in [6, 6.07) is 65.6. The van der Waals surface area contributed by atoms with Crippen LogP contribution in [0, 0.1) is 5.92 Å². The van der Waals surface area contributed by atoms with Crippen LogP contribution in [0.4, 0.5) is 17.1 Å². The summed E-state index contributed by atoms with van der Waals surface area (Å²) in [6.07, 6.45) is 5.68. The van der Waals surface area contributed by atoms with Crippen LogP contribution in [-0.2, 0) is 0 Å². The molecule has 0 saturated heterocycles. The monoisotopic (exact) mass is 654 g/mol. The van der Waals surface area contributed by atoms with Crippen molar-refractivity contribution in [3.8, 4) is 16.8 Å². The van der Waals surface area contributed by atoms with Crippen LogP contribution >= 0.6 is 0 Å². The molecule has 2 nitrogen and oxygen atoms in total. The fraction of sp³-hybridized carbons (Fsp3) is 0.0612. The summed E-state index contributed by atoms with van der Waals surface area (Å²) in [4.78, 5) is 2.34. The van der Waals surface area contributed by atoms with Gasteiger partial charge in [-0.25, -0.2) is 0 Å². The lowest BCUT2D eigenvalue weighted by Crippen LogP contribution is -2.09. The fourth-order valence-corrected chi connectivity index (χ4v) is 7.75. The lowest BCUT2D eigenvalue weighted by molar-refractivity contribution is 0.771. The van der Waals surface area contributed by atoms with Crippen LogP contribution < -0.4 is 4.90 Å². The number of benzene rings is 7. The Morgan fingerprint density at radius 1 is 0.451 bits per heavy atom. The standard InChI is InChI=1S/C49H38N2/c1-35-32-39(26-29-45(35)38-24-22-37(23-25-38)36-14-6-2-7-15-36)40-27-31-48-47(33-40)46-30-28-44(34-49(46)51(48)43-20-12-5-13-21-43)50(41-16-8-3-9-17-41)42-18-10-4-11-19-42/h2-31,33-35H,32H2,1H3. The second-order valence-electron chi connectivity index (χ2n) is 13.5. The summed E-state index contributed by atoms with van der Waals surface area (Å²) in [5.41, 5.74) is 14.8. The molecular weight excluding hydrogens is 617 g/mol. The van der Waals surface area contributed by atoms with Crippen molar-refractivity contribution in [2.45, 2.75) is 13.3 Å². The van der Waals surface area contributed by atoms with E-state index in [-0.39, 0.29) is 0 Å². The molecule has 0 amide bonds. The van der Waals surface area contributed by atoms with Gasteiger partial charge < -0.3 is 9.47 Å². The van der Waals surface area contributed by atoms with Crippen molar-refractivity contribution in [2.24, 2.45) is 5.92 Å². The van der Waals surface area contributed by atoms with Gasteiger partial charge in [-0.15, -0.1) is 0 Å². The van der Waals surface area contributed by atoms with E-state index in [9.17, 15) is 0 Å². The largest absolute Gasteiger partial charge is 0.310 e. The van der Waals surface area contributed by atoms with Crippen molar-refractivity contribution >= 4 is 50.0 Å². The van der Waals surface area contributed by atoms with Gasteiger partial charge in [0.25, 0.3) is 0 Å². The fourth-order valence-electron chi connectivity index (χ4n) is 7.75. The highest BCUT2D eigenvalue weighted by atomic mass is 15.1. The molecule has 0 saturated carbocycles. The first kappa shape index (κ1) is 30.7. The quantitative estimate of drug-likeness (QED) is 0.166. The van der Waals surface area contributed by atoms with Crippen LogP contribution in [0.1, 0.15) is 24.5 Å². The Labute approximate surface area is 299 Å². The van der Waals surface area contributed by atoms with Gasteiger partial charge in [0, 0.05) is 33.5 Å². The molecule has 0 fully saturated rings. The van der Waals surface area contributed by atoms with E-state index < -0.39 is 0 Å². The van der Waals surface area contributed by atoms with Crippen molar-refractivity contribution in [1.29, 1.82) is 0 Å². The van der Waals surface area contributed by atoms with Crippen molar-refractivity contribution < 1.29 is 0 Å². The van der Waals surface area contributed by atoms with E-state index in [1.807, 2.05) is 0 Å². The van der Waals surface area contributed by atoms with Gasteiger partial charge in [-0.3, -0.25) is 0 Å². The zero-order valence-electron chi connectivity index (χ0n) is 28.7. The number of aromatic nitrogens is 1. The summed E-state index contributed by atoms with van der Waals surface area (Å²) >= 11 is 0. The molecule has 244 valence electrons. The van der Waals surface area contributed by atoms with Crippen LogP contribution in [0.5, 0.6) is 0 Å². The maximum Gasteiger partial charge on any atom is 0.0561 e. The molecular formula is C49H38N2. The molecule has 51 heavy (non-hydrogen) atoms. The maximum atomic E-state index is 2.42. The van der Waals surface area contributed by atoms with Gasteiger partial charge in [0.2, 0.25) is 0 Å². The molecule has 9 rings (SSSR count). The number of nitrogens with zero attached hydrogens (tertiary/aromatic N) is 2. The first-order chi connectivity index (χ1) is 25.2. The average molecular weight is 655 g/mol. The number of hydrogen-bond acceptors (Lipinski definition) is 1. The van der Waals surface area contributed by atoms with E-state index in [0.29, 0.717) is 5.92 Å². The molecule has 1 atom stereocenters. The predicted molar refractivity (Wildman–Crippen MR) is 217 cm³/mol. The molecule has 1 aliphatic carbocycles. The SMILES string of the molecule is CC1CC(c2ccc3c(c2)c2ccc(N(c4ccccc4)c4ccccc4)cc2n3-c2ccccc2)=CC=C1c1ccc(-c2ccccc2)cc1. The summed E-state index contributed by atoms with van der Waals surface area (Å²) < 4.78 is 2.42. The zero-order chi connectivity index (χ0) is 34.1. The first-order valence-corrected chi connectivity index (χ1v) is 17.8. The minimum absolute atomic E-state index is 0.415. The van der Waals surface area contributed by atoms with Crippen LogP contribution in [-0.4, -0.2) is 4.57 Å². The Hall–Kier alpha value is -6.38. The van der Waals surface area contributed by atoms with E-state index in [1.165, 1.54) is 55.2 Å². The Morgan fingerprint density at radius 2 is 1.02 bits per heavy atom. The normalized spacial score (nSPS) is 14.3. The molecule has 1 unspecified atom stereocenters. The molecule has 2 heteroatoms. The summed E-state index contributed by atoms with van der Waals surface area (Å²) in [5.74, 6) is 0.415. The van der Waals surface area contributed by atoms with E-state index in [0.717, 1.165) is 29.2 Å². The smallest absolute Gasteiger partial charge is 0.0561 e. The number of para-hydroxylation sites is 3. The molecule has 1 aliphatic rings. The number of rotatable bonds is 7. The van der Waals surface area contributed by atoms with Crippen LogP contribution in [0.3, 0.4) is 0 Å². The van der Waals surface area contributed by atoms with Crippen molar-refractivity contribution in [1.82, 2.24) is 4.57 Å². The Balaban J connectivity index is 1.13. The summed E-state index contributed by atoms with van der Waals surface area (Å²) in [7, 11) is 0. The van der Waals surface area contributed by atoms with E-state index in [2.05, 4.69) is 211 Å². The molecule has 0 bridgehead atoms. The molecule has 0 spiro atoms. The Morgan fingerprint density at radius 3 is 1.67 bits per heavy atom. The summed E-state index contributed by atoms with van der Waals surface area (Å²) in [6.45, 7) is 2.36. The molecule has 0 aliphatic heterocycles. The predicted octanol–water partition coefficient (Wildman–Crippen LogP) is 13.4. The lowest BCUT2D eigenvalue weighted by Gasteiger charge is -2.25. The highest BCUT2D eigenvalue weighted by molar-refractivity contribution is 6.11. The third kappa shape index (κ3) is 5.75. The number of anilines is 3. The topological polar surface area (TPSA) is 8.17 Å². The maximum absolute atomic E-state index is 2.42. The second kappa shape index (κ2) is 13.2. The van der Waals surface area contributed by atoms with Gasteiger partial charge in [0.05, 0.1) is 11.0 Å². The molecule has 8 aromatic rings. The van der Waals surface area contributed by atoms with Crippen LogP contribution in [0.2, 0.25) is 0 Å². The van der Waals surface area contributed by atoms with Crippen molar-refractivity contribution in [2.75, 3.05) is 4.90 Å². The van der Waals surface area contributed by atoms with Crippen LogP contribution in [0.15, 0.2) is 194 Å². The number of fused-ring (bicyclic) bond motifs is 3. The summed E-state index contributed by atoms with van der Waals surface area (Å²) in [5, 5.41) is 2.52.